The van der Waals surface area contributed by atoms with Crippen molar-refractivity contribution in [2.75, 3.05) is 7.11 Å². The van der Waals surface area contributed by atoms with Crippen molar-refractivity contribution in [3.8, 4) is 0 Å². The molecule has 2 nitrogen and oxygen atoms in total. The topological polar surface area (TPSA) is 26.3 Å². The van der Waals surface area contributed by atoms with Crippen molar-refractivity contribution in [3.63, 3.8) is 0 Å². The van der Waals surface area contributed by atoms with Gasteiger partial charge in [-0.25, -0.2) is 0 Å². The van der Waals surface area contributed by atoms with E-state index in [2.05, 4.69) is 42.5 Å². The summed E-state index contributed by atoms with van der Waals surface area (Å²) in [4.78, 5) is 12.5. The van der Waals surface area contributed by atoms with Gasteiger partial charge in [-0.2, -0.15) is 0 Å². The Hall–Kier alpha value is -2.09. The lowest BCUT2D eigenvalue weighted by Gasteiger charge is -2.15. The van der Waals surface area contributed by atoms with Crippen LogP contribution in [0.25, 0.3) is 0 Å². The third-order valence-corrected chi connectivity index (χ3v) is 5.56. The zero-order chi connectivity index (χ0) is 13.5. The number of carbonyl (C=O) groups excluding carboxylic acids is 1. The maximum Gasteiger partial charge on any atom is 0.317 e. The molecule has 0 spiro atoms. The minimum absolute atomic E-state index is 0.0584. The van der Waals surface area contributed by atoms with Crippen molar-refractivity contribution in [3.05, 3.63) is 70.8 Å². The third kappa shape index (κ3) is 0.866. The van der Waals surface area contributed by atoms with Crippen LogP contribution >= 0.6 is 0 Å². The summed E-state index contributed by atoms with van der Waals surface area (Å²) < 4.78 is 5.16. The Morgan fingerprint density at radius 2 is 1.65 bits per heavy atom. The fourth-order valence-corrected chi connectivity index (χ4v) is 4.97. The first kappa shape index (κ1) is 10.7. The summed E-state index contributed by atoms with van der Waals surface area (Å²) in [5, 5.41) is 0. The van der Waals surface area contributed by atoms with Crippen LogP contribution in [0.5, 0.6) is 0 Å². The number of hydrogen-bond acceptors (Lipinski definition) is 2. The maximum atomic E-state index is 12.5. The van der Waals surface area contributed by atoms with E-state index >= 15 is 0 Å². The van der Waals surface area contributed by atoms with E-state index in [0.717, 1.165) is 0 Å². The van der Waals surface area contributed by atoms with E-state index in [9.17, 15) is 4.79 Å². The van der Waals surface area contributed by atoms with Gasteiger partial charge in [-0.05, 0) is 28.2 Å². The van der Waals surface area contributed by atoms with Gasteiger partial charge < -0.3 is 4.74 Å². The summed E-state index contributed by atoms with van der Waals surface area (Å²) in [5.41, 5.74) is 4.88. The van der Waals surface area contributed by atoms with Crippen LogP contribution in [0, 0.1) is 5.92 Å². The fraction of sp³-hybridized carbons (Fsp3) is 0.278. The first-order chi connectivity index (χ1) is 9.81. The van der Waals surface area contributed by atoms with E-state index in [1.807, 2.05) is 6.07 Å². The second-order valence-electron chi connectivity index (χ2n) is 6.06. The summed E-state index contributed by atoms with van der Waals surface area (Å²) in [6.07, 6.45) is 0. The van der Waals surface area contributed by atoms with Crippen LogP contribution in [0.15, 0.2) is 48.5 Å². The molecule has 1 fully saturated rings. The highest BCUT2D eigenvalue weighted by molar-refractivity contribution is 5.95. The van der Waals surface area contributed by atoms with E-state index < -0.39 is 5.41 Å². The number of fused-ring (bicyclic) bond motifs is 7. The standard InChI is InChI=1S/C18H14O2/c1-20-17(19)18-13-9-5-4-8-12(13)14-10-6-2-3-7-11(10)15(18)16(14)18/h2-9,14-16H,1H3/t14-,15+,16-,18-/m1/s1. The summed E-state index contributed by atoms with van der Waals surface area (Å²) >= 11 is 0. The number of ether oxygens (including phenoxy) is 1. The summed E-state index contributed by atoms with van der Waals surface area (Å²) in [6.45, 7) is 0. The van der Waals surface area contributed by atoms with Crippen molar-refractivity contribution < 1.29 is 9.53 Å². The Labute approximate surface area is 117 Å². The number of benzene rings is 2. The van der Waals surface area contributed by atoms with Crippen LogP contribution in [0.4, 0.5) is 0 Å². The molecule has 0 aromatic heterocycles. The van der Waals surface area contributed by atoms with Crippen LogP contribution in [0.3, 0.4) is 0 Å². The quantitative estimate of drug-likeness (QED) is 0.739. The second kappa shape index (κ2) is 3.14. The lowest BCUT2D eigenvalue weighted by molar-refractivity contribution is -0.144. The molecular weight excluding hydrogens is 248 g/mol. The molecule has 0 saturated heterocycles. The van der Waals surface area contributed by atoms with Crippen LogP contribution < -0.4 is 0 Å². The van der Waals surface area contributed by atoms with Crippen molar-refractivity contribution in [1.82, 2.24) is 0 Å². The highest BCUT2D eigenvalue weighted by Crippen LogP contribution is 2.81. The van der Waals surface area contributed by atoms with Crippen molar-refractivity contribution in [2.24, 2.45) is 5.92 Å². The molecule has 2 heteroatoms. The highest BCUT2D eigenvalue weighted by atomic mass is 16.5. The first-order valence-electron chi connectivity index (χ1n) is 7.08. The van der Waals surface area contributed by atoms with Gasteiger partial charge >= 0.3 is 5.97 Å². The van der Waals surface area contributed by atoms with Gasteiger partial charge in [0.15, 0.2) is 0 Å². The van der Waals surface area contributed by atoms with Crippen LogP contribution in [0.2, 0.25) is 0 Å². The molecule has 5 rings (SSSR count). The van der Waals surface area contributed by atoms with Crippen LogP contribution in [-0.4, -0.2) is 13.1 Å². The molecule has 98 valence electrons. The van der Waals surface area contributed by atoms with Gasteiger partial charge in [0, 0.05) is 11.8 Å². The van der Waals surface area contributed by atoms with E-state index in [4.69, 9.17) is 4.74 Å². The average molecular weight is 262 g/mol. The highest BCUT2D eigenvalue weighted by Gasteiger charge is 2.81. The monoisotopic (exact) mass is 262 g/mol. The third-order valence-electron chi connectivity index (χ3n) is 5.56. The molecule has 1 saturated carbocycles. The molecule has 0 radical (unpaired) electrons. The van der Waals surface area contributed by atoms with Gasteiger partial charge in [0.2, 0.25) is 0 Å². The molecule has 0 N–H and O–H groups in total. The van der Waals surface area contributed by atoms with Gasteiger partial charge in [0.05, 0.1) is 7.11 Å². The Morgan fingerprint density at radius 1 is 1.00 bits per heavy atom. The largest absolute Gasteiger partial charge is 0.468 e. The van der Waals surface area contributed by atoms with Crippen molar-refractivity contribution in [1.29, 1.82) is 0 Å². The predicted octanol–water partition coefficient (Wildman–Crippen LogP) is 2.97. The van der Waals surface area contributed by atoms with E-state index in [1.54, 1.807) is 0 Å². The molecule has 20 heavy (non-hydrogen) atoms. The number of hydrogen-bond donors (Lipinski definition) is 0. The van der Waals surface area contributed by atoms with E-state index in [1.165, 1.54) is 29.4 Å². The van der Waals surface area contributed by atoms with Crippen molar-refractivity contribution in [2.45, 2.75) is 17.3 Å². The van der Waals surface area contributed by atoms with Gasteiger partial charge in [-0.3, -0.25) is 4.79 Å². The van der Waals surface area contributed by atoms with Gasteiger partial charge in [0.1, 0.15) is 5.41 Å². The Balaban J connectivity index is 1.84. The molecule has 3 aliphatic carbocycles. The van der Waals surface area contributed by atoms with Gasteiger partial charge in [-0.15, -0.1) is 0 Å². The zero-order valence-electron chi connectivity index (χ0n) is 11.2. The molecule has 0 unspecified atom stereocenters. The lowest BCUT2D eigenvalue weighted by Crippen LogP contribution is -2.25. The smallest absolute Gasteiger partial charge is 0.317 e. The fourth-order valence-electron chi connectivity index (χ4n) is 4.97. The molecule has 4 atom stereocenters. The molecule has 2 aromatic rings. The van der Waals surface area contributed by atoms with Crippen LogP contribution in [0.1, 0.15) is 34.1 Å². The molecular formula is C18H14O2. The minimum atomic E-state index is -0.398. The lowest BCUT2D eigenvalue weighted by atomic mass is 9.90. The molecule has 0 bridgehead atoms. The second-order valence-corrected chi connectivity index (χ2v) is 6.06. The number of methoxy groups -OCH3 is 1. The normalized spacial score (nSPS) is 34.1. The van der Waals surface area contributed by atoms with Crippen LogP contribution in [-0.2, 0) is 14.9 Å². The van der Waals surface area contributed by atoms with E-state index in [-0.39, 0.29) is 5.97 Å². The average Bonchev–Trinajstić information content (AvgIpc) is 2.96. The number of rotatable bonds is 1. The first-order valence-corrected chi connectivity index (χ1v) is 7.08. The summed E-state index contributed by atoms with van der Waals surface area (Å²) in [5.74, 6) is 1.03. The minimum Gasteiger partial charge on any atom is -0.468 e. The summed E-state index contributed by atoms with van der Waals surface area (Å²) in [7, 11) is 1.51. The van der Waals surface area contributed by atoms with Gasteiger partial charge in [-0.1, -0.05) is 48.5 Å². The maximum absolute atomic E-state index is 12.5. The van der Waals surface area contributed by atoms with Crippen molar-refractivity contribution >= 4 is 5.97 Å². The Morgan fingerprint density at radius 3 is 2.40 bits per heavy atom. The SMILES string of the molecule is COC(=O)[C@]12c3ccccc3[C@H]3c4ccccc4[C@H]1[C@@H]32. The Kier molecular flexibility index (Phi) is 1.68. The Bertz CT molecular complexity index is 764. The van der Waals surface area contributed by atoms with E-state index in [0.29, 0.717) is 17.8 Å². The zero-order valence-corrected chi connectivity index (χ0v) is 11.2. The molecule has 0 amide bonds. The predicted molar refractivity (Wildman–Crippen MR) is 74.7 cm³/mol. The summed E-state index contributed by atoms with van der Waals surface area (Å²) in [6, 6.07) is 17.0. The molecule has 0 aliphatic heterocycles. The molecule has 3 aliphatic rings. The number of carbonyl (C=O) groups is 1. The van der Waals surface area contributed by atoms with Gasteiger partial charge in [0.25, 0.3) is 0 Å². The molecule has 0 heterocycles. The molecule has 2 aromatic carbocycles. The number of esters is 1.